The van der Waals surface area contributed by atoms with Crippen molar-refractivity contribution in [2.24, 2.45) is 5.92 Å². The fourth-order valence-electron chi connectivity index (χ4n) is 1.65. The normalized spacial score (nSPS) is 14.7. The largest absolute Gasteiger partial charge is 0.391 e. The first kappa shape index (κ1) is 11.7. The van der Waals surface area contributed by atoms with E-state index in [2.05, 4.69) is 6.07 Å². The quantitative estimate of drug-likeness (QED) is 0.820. The molecule has 0 spiro atoms. The Morgan fingerprint density at radius 1 is 1.27 bits per heavy atom. The monoisotopic (exact) mass is 203 g/mol. The summed E-state index contributed by atoms with van der Waals surface area (Å²) in [5.74, 6) is -0.333. The molecule has 0 radical (unpaired) electrons. The highest BCUT2D eigenvalue weighted by molar-refractivity contribution is 5.33. The van der Waals surface area contributed by atoms with Crippen molar-refractivity contribution in [1.82, 2.24) is 0 Å². The van der Waals surface area contributed by atoms with Crippen molar-refractivity contribution in [2.45, 2.75) is 32.8 Å². The second-order valence-corrected chi connectivity index (χ2v) is 4.20. The van der Waals surface area contributed by atoms with Gasteiger partial charge in [-0.2, -0.15) is 5.26 Å². The van der Waals surface area contributed by atoms with E-state index in [9.17, 15) is 5.11 Å². The average molecular weight is 203 g/mol. The number of nitriles is 1. The SMILES string of the molecule is Cc1ccccc1C(C#N)C(O)C(C)C. The fourth-order valence-corrected chi connectivity index (χ4v) is 1.65. The molecule has 1 N–H and O–H groups in total. The lowest BCUT2D eigenvalue weighted by Gasteiger charge is -2.21. The van der Waals surface area contributed by atoms with Gasteiger partial charge < -0.3 is 5.11 Å². The second kappa shape index (κ2) is 4.95. The molecule has 2 nitrogen and oxygen atoms in total. The molecule has 15 heavy (non-hydrogen) atoms. The summed E-state index contributed by atoms with van der Waals surface area (Å²) in [5.41, 5.74) is 1.99. The molecular weight excluding hydrogens is 186 g/mol. The number of aryl methyl sites for hydroxylation is 1. The van der Waals surface area contributed by atoms with E-state index in [-0.39, 0.29) is 5.92 Å². The van der Waals surface area contributed by atoms with E-state index in [1.807, 2.05) is 45.0 Å². The van der Waals surface area contributed by atoms with Crippen LogP contribution < -0.4 is 0 Å². The number of rotatable bonds is 3. The summed E-state index contributed by atoms with van der Waals surface area (Å²) in [6.07, 6.45) is -0.601. The Morgan fingerprint density at radius 2 is 1.87 bits per heavy atom. The summed E-state index contributed by atoms with van der Waals surface area (Å²) in [4.78, 5) is 0. The van der Waals surface area contributed by atoms with E-state index in [1.165, 1.54) is 0 Å². The van der Waals surface area contributed by atoms with Gasteiger partial charge in [-0.3, -0.25) is 0 Å². The van der Waals surface area contributed by atoms with Gasteiger partial charge in [0.1, 0.15) is 0 Å². The van der Waals surface area contributed by atoms with Gasteiger partial charge >= 0.3 is 0 Å². The molecule has 1 aromatic rings. The number of aliphatic hydroxyl groups is 1. The van der Waals surface area contributed by atoms with E-state index in [4.69, 9.17) is 5.26 Å². The van der Waals surface area contributed by atoms with Crippen LogP contribution in [0.15, 0.2) is 24.3 Å². The minimum Gasteiger partial charge on any atom is -0.391 e. The van der Waals surface area contributed by atoms with E-state index in [1.54, 1.807) is 0 Å². The van der Waals surface area contributed by atoms with Crippen molar-refractivity contribution in [1.29, 1.82) is 5.26 Å². The third-order valence-corrected chi connectivity index (χ3v) is 2.69. The lowest BCUT2D eigenvalue weighted by molar-refractivity contribution is 0.113. The van der Waals surface area contributed by atoms with Crippen LogP contribution in [-0.4, -0.2) is 11.2 Å². The number of aliphatic hydroxyl groups excluding tert-OH is 1. The molecule has 2 atom stereocenters. The van der Waals surface area contributed by atoms with Crippen LogP contribution in [0, 0.1) is 24.2 Å². The van der Waals surface area contributed by atoms with Crippen LogP contribution in [0.1, 0.15) is 30.9 Å². The molecule has 1 rings (SSSR count). The van der Waals surface area contributed by atoms with Crippen molar-refractivity contribution in [2.75, 3.05) is 0 Å². The van der Waals surface area contributed by atoms with Crippen molar-refractivity contribution >= 4 is 0 Å². The van der Waals surface area contributed by atoms with Gasteiger partial charge in [0.2, 0.25) is 0 Å². The smallest absolute Gasteiger partial charge is 0.0976 e. The number of nitrogens with zero attached hydrogens (tertiary/aromatic N) is 1. The maximum Gasteiger partial charge on any atom is 0.0976 e. The zero-order chi connectivity index (χ0) is 11.4. The Hall–Kier alpha value is -1.33. The van der Waals surface area contributed by atoms with Crippen molar-refractivity contribution in [3.8, 4) is 6.07 Å². The molecule has 0 fully saturated rings. The number of benzene rings is 1. The van der Waals surface area contributed by atoms with Gasteiger partial charge in [-0.1, -0.05) is 38.1 Å². The van der Waals surface area contributed by atoms with Crippen molar-refractivity contribution < 1.29 is 5.11 Å². The number of hydrogen-bond acceptors (Lipinski definition) is 2. The summed E-state index contributed by atoms with van der Waals surface area (Å²) in [6, 6.07) is 9.91. The van der Waals surface area contributed by atoms with E-state index >= 15 is 0 Å². The molecule has 80 valence electrons. The topological polar surface area (TPSA) is 44.0 Å². The number of hydrogen-bond donors (Lipinski definition) is 1. The Kier molecular flexibility index (Phi) is 3.88. The molecule has 0 aliphatic heterocycles. The van der Waals surface area contributed by atoms with E-state index in [0.29, 0.717) is 0 Å². The summed E-state index contributed by atoms with van der Waals surface area (Å²) >= 11 is 0. The van der Waals surface area contributed by atoms with E-state index in [0.717, 1.165) is 11.1 Å². The van der Waals surface area contributed by atoms with Gasteiger partial charge in [0.25, 0.3) is 0 Å². The predicted octanol–water partition coefficient (Wildman–Crippen LogP) is 2.62. The Morgan fingerprint density at radius 3 is 2.33 bits per heavy atom. The first-order valence-electron chi connectivity index (χ1n) is 5.21. The van der Waals surface area contributed by atoms with E-state index < -0.39 is 12.0 Å². The lowest BCUT2D eigenvalue weighted by atomic mass is 9.86. The third-order valence-electron chi connectivity index (χ3n) is 2.69. The summed E-state index contributed by atoms with van der Waals surface area (Å²) < 4.78 is 0. The summed E-state index contributed by atoms with van der Waals surface area (Å²) in [7, 11) is 0. The van der Waals surface area contributed by atoms with Crippen LogP contribution in [0.4, 0.5) is 0 Å². The van der Waals surface area contributed by atoms with Crippen molar-refractivity contribution in [3.63, 3.8) is 0 Å². The average Bonchev–Trinajstić information content (AvgIpc) is 2.21. The molecule has 0 aliphatic rings. The van der Waals surface area contributed by atoms with Crippen LogP contribution in [0.3, 0.4) is 0 Å². The third kappa shape index (κ3) is 2.57. The van der Waals surface area contributed by atoms with Crippen molar-refractivity contribution in [3.05, 3.63) is 35.4 Å². The van der Waals surface area contributed by atoms with Gasteiger partial charge in [0.05, 0.1) is 18.1 Å². The Labute approximate surface area is 91.2 Å². The molecular formula is C13H17NO. The zero-order valence-electron chi connectivity index (χ0n) is 9.44. The second-order valence-electron chi connectivity index (χ2n) is 4.20. The minimum atomic E-state index is -0.601. The lowest BCUT2D eigenvalue weighted by Crippen LogP contribution is -2.23. The molecule has 0 amide bonds. The molecule has 0 saturated carbocycles. The standard InChI is InChI=1S/C13H17NO/c1-9(2)13(15)12(8-14)11-7-5-4-6-10(11)3/h4-7,9,12-13,15H,1-3H3. The first-order chi connectivity index (χ1) is 7.07. The maximum atomic E-state index is 9.94. The summed E-state index contributed by atoms with van der Waals surface area (Å²) in [6.45, 7) is 5.81. The van der Waals surface area contributed by atoms with Gasteiger partial charge in [-0.05, 0) is 24.0 Å². The molecule has 0 heterocycles. The van der Waals surface area contributed by atoms with Gasteiger partial charge in [0, 0.05) is 0 Å². The van der Waals surface area contributed by atoms with Gasteiger partial charge in [0.15, 0.2) is 0 Å². The van der Waals surface area contributed by atoms with Crippen LogP contribution in [-0.2, 0) is 0 Å². The maximum absolute atomic E-state index is 9.94. The van der Waals surface area contributed by atoms with Gasteiger partial charge in [-0.15, -0.1) is 0 Å². The summed E-state index contributed by atoms with van der Waals surface area (Å²) in [5, 5.41) is 19.1. The highest BCUT2D eigenvalue weighted by Gasteiger charge is 2.24. The zero-order valence-corrected chi connectivity index (χ0v) is 9.44. The highest BCUT2D eigenvalue weighted by Crippen LogP contribution is 2.26. The van der Waals surface area contributed by atoms with Gasteiger partial charge in [-0.25, -0.2) is 0 Å². The molecule has 1 aromatic carbocycles. The Balaban J connectivity index is 3.04. The van der Waals surface area contributed by atoms with Crippen LogP contribution in [0.5, 0.6) is 0 Å². The predicted molar refractivity (Wildman–Crippen MR) is 60.4 cm³/mol. The minimum absolute atomic E-state index is 0.0919. The Bertz CT molecular complexity index is 365. The molecule has 0 aromatic heterocycles. The fraction of sp³-hybridized carbons (Fsp3) is 0.462. The molecule has 2 unspecified atom stereocenters. The molecule has 2 heteroatoms. The highest BCUT2D eigenvalue weighted by atomic mass is 16.3. The molecule has 0 saturated heterocycles. The van der Waals surface area contributed by atoms with Crippen LogP contribution in [0.25, 0.3) is 0 Å². The molecule has 0 bridgehead atoms. The molecule has 0 aliphatic carbocycles. The van der Waals surface area contributed by atoms with Crippen LogP contribution in [0.2, 0.25) is 0 Å². The van der Waals surface area contributed by atoms with Crippen LogP contribution >= 0.6 is 0 Å². The first-order valence-corrected chi connectivity index (χ1v) is 5.21.